The van der Waals surface area contributed by atoms with Gasteiger partial charge in [-0.15, -0.1) is 34.0 Å². The molecule has 0 N–H and O–H groups in total. The normalized spacial score (nSPS) is 12.8. The molecule has 1 aromatic rings. The first-order valence-corrected chi connectivity index (χ1v) is 10.9. The van der Waals surface area contributed by atoms with Crippen molar-refractivity contribution in [2.24, 2.45) is 0 Å². The molecule has 2 unspecified atom stereocenters. The smallest absolute Gasteiger partial charge is 0.0398 e. The minimum Gasteiger partial charge on any atom is -0.114 e. The monoisotopic (exact) mass is 590 g/mol. The first kappa shape index (κ1) is 27.4. The maximum atomic E-state index is 3.93. The molecule has 0 aliphatic heterocycles. The number of unbranched alkanes of at least 4 members (excludes halogenated alkanes) is 6. The van der Waals surface area contributed by atoms with Crippen LogP contribution in [0.1, 0.15) is 98.8 Å². The van der Waals surface area contributed by atoms with Crippen molar-refractivity contribution in [2.75, 3.05) is 0 Å². The van der Waals surface area contributed by atoms with Crippen LogP contribution in [0.5, 0.6) is 0 Å². The highest BCUT2D eigenvalue weighted by atomic mass is 79.9. The molecule has 0 spiro atoms. The second-order valence-electron chi connectivity index (χ2n) is 6.26. The summed E-state index contributed by atoms with van der Waals surface area (Å²) in [4.78, 5) is 0.993. The molecule has 0 fully saturated rings. The number of hydrogen-bond donors (Lipinski definition) is 0. The SMILES string of the molecule is Br.Br.CCCCCCC(Br)c1ccccc1C(Br)CCCCCC. The zero-order chi connectivity index (χ0) is 16.2. The number of halogens is 4. The topological polar surface area (TPSA) is 0 Å². The van der Waals surface area contributed by atoms with E-state index in [9.17, 15) is 0 Å². The molecule has 0 aromatic heterocycles. The Bertz CT molecular complexity index is 358. The average Bonchev–Trinajstić information content (AvgIpc) is 2.55. The fraction of sp³-hybridized carbons (Fsp3) is 0.700. The molecule has 0 aliphatic carbocycles. The summed E-state index contributed by atoms with van der Waals surface area (Å²) in [7, 11) is 0. The molecule has 0 aliphatic rings. The lowest BCUT2D eigenvalue weighted by molar-refractivity contribution is 0.618. The van der Waals surface area contributed by atoms with Gasteiger partial charge in [-0.05, 0) is 24.0 Å². The molecule has 0 heterocycles. The van der Waals surface area contributed by atoms with Crippen molar-refractivity contribution in [3.8, 4) is 0 Å². The first-order valence-electron chi connectivity index (χ1n) is 9.07. The lowest BCUT2D eigenvalue weighted by Gasteiger charge is -2.19. The van der Waals surface area contributed by atoms with Crippen molar-refractivity contribution in [2.45, 2.75) is 87.7 Å². The molecule has 1 aromatic carbocycles. The van der Waals surface area contributed by atoms with E-state index in [0.29, 0.717) is 9.65 Å². The summed E-state index contributed by atoms with van der Waals surface area (Å²) in [5.41, 5.74) is 2.97. The Hall–Kier alpha value is 1.14. The highest BCUT2D eigenvalue weighted by molar-refractivity contribution is 9.09. The van der Waals surface area contributed by atoms with E-state index >= 15 is 0 Å². The van der Waals surface area contributed by atoms with Gasteiger partial charge in [0, 0.05) is 9.65 Å². The summed E-state index contributed by atoms with van der Waals surface area (Å²) >= 11 is 7.86. The van der Waals surface area contributed by atoms with E-state index in [4.69, 9.17) is 0 Å². The standard InChI is InChI=1S/C20H32Br2.2BrH/c1-3-5-7-9-15-19(21)17-13-11-12-14-18(17)20(22)16-10-8-6-4-2;;/h11-14,19-20H,3-10,15-16H2,1-2H3;2*1H. The molecule has 0 radical (unpaired) electrons. The van der Waals surface area contributed by atoms with Gasteiger partial charge in [-0.3, -0.25) is 0 Å². The van der Waals surface area contributed by atoms with Crippen LogP contribution in [-0.2, 0) is 0 Å². The Morgan fingerprint density at radius 2 is 1.04 bits per heavy atom. The third kappa shape index (κ3) is 11.0. The molecular weight excluding hydrogens is 560 g/mol. The van der Waals surface area contributed by atoms with Crippen molar-refractivity contribution < 1.29 is 0 Å². The fourth-order valence-corrected chi connectivity index (χ4v) is 4.37. The molecule has 0 amide bonds. The molecule has 4 heteroatoms. The Labute approximate surface area is 187 Å². The molecule has 142 valence electrons. The summed E-state index contributed by atoms with van der Waals surface area (Å²) in [6, 6.07) is 8.95. The van der Waals surface area contributed by atoms with Crippen LogP contribution in [0.4, 0.5) is 0 Å². The van der Waals surface area contributed by atoms with Crippen molar-refractivity contribution in [1.82, 2.24) is 0 Å². The first-order chi connectivity index (χ1) is 10.7. The van der Waals surface area contributed by atoms with Crippen LogP contribution in [-0.4, -0.2) is 0 Å². The maximum Gasteiger partial charge on any atom is 0.0398 e. The molecule has 0 bridgehead atoms. The van der Waals surface area contributed by atoms with Crippen molar-refractivity contribution in [3.63, 3.8) is 0 Å². The minimum absolute atomic E-state index is 0. The van der Waals surface area contributed by atoms with Crippen LogP contribution >= 0.6 is 65.8 Å². The van der Waals surface area contributed by atoms with Gasteiger partial charge in [-0.1, -0.05) is 121 Å². The molecule has 0 saturated heterocycles. The lowest BCUT2D eigenvalue weighted by Crippen LogP contribution is -2.00. The van der Waals surface area contributed by atoms with E-state index in [1.165, 1.54) is 75.3 Å². The van der Waals surface area contributed by atoms with Crippen molar-refractivity contribution in [3.05, 3.63) is 35.4 Å². The predicted molar refractivity (Wildman–Crippen MR) is 128 cm³/mol. The Morgan fingerprint density at radius 3 is 1.38 bits per heavy atom. The van der Waals surface area contributed by atoms with Gasteiger partial charge in [0.2, 0.25) is 0 Å². The van der Waals surface area contributed by atoms with Crippen LogP contribution in [0.3, 0.4) is 0 Å². The van der Waals surface area contributed by atoms with Crippen LogP contribution in [0.25, 0.3) is 0 Å². The third-order valence-corrected chi connectivity index (χ3v) is 6.20. The van der Waals surface area contributed by atoms with Crippen molar-refractivity contribution in [1.29, 1.82) is 0 Å². The van der Waals surface area contributed by atoms with Gasteiger partial charge in [0.25, 0.3) is 0 Å². The number of alkyl halides is 2. The van der Waals surface area contributed by atoms with Crippen LogP contribution < -0.4 is 0 Å². The van der Waals surface area contributed by atoms with Crippen LogP contribution in [0, 0.1) is 0 Å². The maximum absolute atomic E-state index is 3.93. The van der Waals surface area contributed by atoms with Crippen molar-refractivity contribution >= 4 is 65.8 Å². The van der Waals surface area contributed by atoms with Gasteiger partial charge >= 0.3 is 0 Å². The van der Waals surface area contributed by atoms with E-state index in [0.717, 1.165) is 0 Å². The fourth-order valence-electron chi connectivity index (χ4n) is 2.89. The average molecular weight is 594 g/mol. The predicted octanol–water partition coefficient (Wildman–Crippen LogP) is 9.66. The van der Waals surface area contributed by atoms with Gasteiger partial charge in [0.05, 0.1) is 0 Å². The van der Waals surface area contributed by atoms with Gasteiger partial charge in [-0.25, -0.2) is 0 Å². The number of rotatable bonds is 12. The quantitative estimate of drug-likeness (QED) is 0.167. The molecule has 2 atom stereocenters. The highest BCUT2D eigenvalue weighted by Crippen LogP contribution is 2.38. The summed E-state index contributed by atoms with van der Waals surface area (Å²) < 4.78 is 0. The van der Waals surface area contributed by atoms with E-state index in [1.807, 2.05) is 0 Å². The van der Waals surface area contributed by atoms with E-state index in [-0.39, 0.29) is 34.0 Å². The van der Waals surface area contributed by atoms with Gasteiger partial charge in [-0.2, -0.15) is 0 Å². The summed E-state index contributed by atoms with van der Waals surface area (Å²) in [5, 5.41) is 0. The molecule has 0 saturated carbocycles. The Morgan fingerprint density at radius 1 is 0.667 bits per heavy atom. The van der Waals surface area contributed by atoms with Gasteiger partial charge in [0.1, 0.15) is 0 Å². The molecule has 24 heavy (non-hydrogen) atoms. The number of benzene rings is 1. The minimum atomic E-state index is 0. The molecule has 1 rings (SSSR count). The summed E-state index contributed by atoms with van der Waals surface area (Å²) in [6.45, 7) is 4.55. The van der Waals surface area contributed by atoms with Gasteiger partial charge < -0.3 is 0 Å². The zero-order valence-corrected chi connectivity index (χ0v) is 21.7. The Balaban J connectivity index is 0. The summed E-state index contributed by atoms with van der Waals surface area (Å²) in [5.74, 6) is 0. The highest BCUT2D eigenvalue weighted by Gasteiger charge is 2.16. The molecular formula is C20H34Br4. The molecule has 0 nitrogen and oxygen atoms in total. The van der Waals surface area contributed by atoms with Crippen LogP contribution in [0.2, 0.25) is 0 Å². The largest absolute Gasteiger partial charge is 0.114 e. The third-order valence-electron chi connectivity index (χ3n) is 4.29. The van der Waals surface area contributed by atoms with E-state index in [2.05, 4.69) is 70.0 Å². The second-order valence-corrected chi connectivity index (χ2v) is 8.47. The number of hydrogen-bond acceptors (Lipinski definition) is 0. The lowest BCUT2D eigenvalue weighted by atomic mass is 9.96. The summed E-state index contributed by atoms with van der Waals surface area (Å²) in [6.07, 6.45) is 13.2. The second kappa shape index (κ2) is 17.5. The van der Waals surface area contributed by atoms with Crippen LogP contribution in [0.15, 0.2) is 24.3 Å². The van der Waals surface area contributed by atoms with Gasteiger partial charge in [0.15, 0.2) is 0 Å². The Kier molecular flexibility index (Phi) is 20.0. The van der Waals surface area contributed by atoms with E-state index < -0.39 is 0 Å². The zero-order valence-electron chi connectivity index (χ0n) is 15.1. The van der Waals surface area contributed by atoms with E-state index in [1.54, 1.807) is 0 Å².